The van der Waals surface area contributed by atoms with Crippen molar-refractivity contribution in [1.82, 2.24) is 0 Å². The molecule has 2 N–H and O–H groups in total. The van der Waals surface area contributed by atoms with Gasteiger partial charge in [0.05, 0.1) is 0 Å². The first-order chi connectivity index (χ1) is 7.22. The SMILES string of the molecule is NCC1CCC(c2c(F)cccc2Cl)C1. The molecule has 1 aliphatic carbocycles. The molecule has 15 heavy (non-hydrogen) atoms. The average molecular weight is 228 g/mol. The Morgan fingerprint density at radius 2 is 2.20 bits per heavy atom. The Bertz CT molecular complexity index is 333. The van der Waals surface area contributed by atoms with Gasteiger partial charge in [0, 0.05) is 10.6 Å². The standard InChI is InChI=1S/C12H15ClFN/c13-10-2-1-3-11(14)12(10)9-5-4-8(6-9)7-15/h1-3,8-9H,4-7,15H2. The maximum Gasteiger partial charge on any atom is 0.128 e. The molecule has 1 fully saturated rings. The van der Waals surface area contributed by atoms with Crippen LogP contribution in [0.4, 0.5) is 4.39 Å². The number of benzene rings is 1. The van der Waals surface area contributed by atoms with Gasteiger partial charge in [0.1, 0.15) is 5.82 Å². The minimum atomic E-state index is -0.176. The van der Waals surface area contributed by atoms with Crippen molar-refractivity contribution < 1.29 is 4.39 Å². The van der Waals surface area contributed by atoms with Crippen LogP contribution < -0.4 is 5.73 Å². The molecule has 2 rings (SSSR count). The van der Waals surface area contributed by atoms with Crippen LogP contribution in [0.5, 0.6) is 0 Å². The molecule has 2 unspecified atom stereocenters. The Kier molecular flexibility index (Phi) is 3.27. The Labute approximate surface area is 94.4 Å². The van der Waals surface area contributed by atoms with Crippen LogP contribution in [0, 0.1) is 11.7 Å². The van der Waals surface area contributed by atoms with E-state index in [0.717, 1.165) is 19.3 Å². The highest BCUT2D eigenvalue weighted by atomic mass is 35.5. The molecule has 1 aromatic rings. The van der Waals surface area contributed by atoms with E-state index < -0.39 is 0 Å². The fourth-order valence-electron chi connectivity index (χ4n) is 2.45. The lowest BCUT2D eigenvalue weighted by atomic mass is 9.96. The normalized spacial score (nSPS) is 25.8. The molecule has 1 saturated carbocycles. The second kappa shape index (κ2) is 4.50. The van der Waals surface area contributed by atoms with Crippen molar-refractivity contribution in [2.75, 3.05) is 6.54 Å². The molecule has 0 bridgehead atoms. The van der Waals surface area contributed by atoms with E-state index in [1.807, 2.05) is 0 Å². The van der Waals surface area contributed by atoms with Gasteiger partial charge in [0.25, 0.3) is 0 Å². The topological polar surface area (TPSA) is 26.0 Å². The van der Waals surface area contributed by atoms with Crippen molar-refractivity contribution in [3.05, 3.63) is 34.6 Å². The first-order valence-corrected chi connectivity index (χ1v) is 5.74. The fourth-order valence-corrected chi connectivity index (χ4v) is 2.77. The van der Waals surface area contributed by atoms with E-state index in [1.165, 1.54) is 6.07 Å². The summed E-state index contributed by atoms with van der Waals surface area (Å²) in [4.78, 5) is 0. The minimum absolute atomic E-state index is 0.176. The molecule has 1 aliphatic rings. The third-order valence-corrected chi connectivity index (χ3v) is 3.61. The summed E-state index contributed by atoms with van der Waals surface area (Å²) in [6, 6.07) is 4.89. The molecule has 82 valence electrons. The van der Waals surface area contributed by atoms with Crippen molar-refractivity contribution >= 4 is 11.6 Å². The van der Waals surface area contributed by atoms with Crippen LogP contribution in [0.1, 0.15) is 30.7 Å². The number of hydrogen-bond donors (Lipinski definition) is 1. The summed E-state index contributed by atoms with van der Waals surface area (Å²) in [6.07, 6.45) is 3.06. The highest BCUT2D eigenvalue weighted by molar-refractivity contribution is 6.31. The van der Waals surface area contributed by atoms with Crippen LogP contribution in [0.3, 0.4) is 0 Å². The molecule has 1 nitrogen and oxygen atoms in total. The van der Waals surface area contributed by atoms with Crippen molar-refractivity contribution in [2.24, 2.45) is 11.7 Å². The van der Waals surface area contributed by atoms with Gasteiger partial charge in [0.2, 0.25) is 0 Å². The van der Waals surface area contributed by atoms with E-state index in [9.17, 15) is 4.39 Å². The highest BCUT2D eigenvalue weighted by Crippen LogP contribution is 2.41. The van der Waals surface area contributed by atoms with E-state index in [0.29, 0.717) is 23.0 Å². The van der Waals surface area contributed by atoms with Gasteiger partial charge in [-0.25, -0.2) is 4.39 Å². The molecule has 0 saturated heterocycles. The first kappa shape index (κ1) is 10.9. The molecule has 0 aromatic heterocycles. The van der Waals surface area contributed by atoms with Crippen LogP contribution in [0.15, 0.2) is 18.2 Å². The average Bonchev–Trinajstić information content (AvgIpc) is 2.66. The van der Waals surface area contributed by atoms with Crippen LogP contribution in [-0.4, -0.2) is 6.54 Å². The molecule has 1 aromatic carbocycles. The smallest absolute Gasteiger partial charge is 0.128 e. The lowest BCUT2D eigenvalue weighted by molar-refractivity contribution is 0.538. The molecular formula is C12H15ClFN. The summed E-state index contributed by atoms with van der Waals surface area (Å²) in [5, 5.41) is 0.553. The summed E-state index contributed by atoms with van der Waals surface area (Å²) in [5.41, 5.74) is 6.31. The van der Waals surface area contributed by atoms with E-state index >= 15 is 0 Å². The maximum absolute atomic E-state index is 13.6. The van der Waals surface area contributed by atoms with E-state index in [4.69, 9.17) is 17.3 Å². The number of hydrogen-bond acceptors (Lipinski definition) is 1. The molecule has 2 atom stereocenters. The number of nitrogens with two attached hydrogens (primary N) is 1. The predicted octanol–water partition coefficient (Wildman–Crippen LogP) is 3.32. The molecule has 0 radical (unpaired) electrons. The highest BCUT2D eigenvalue weighted by Gasteiger charge is 2.28. The summed E-state index contributed by atoms with van der Waals surface area (Å²) >= 11 is 6.03. The van der Waals surface area contributed by atoms with Gasteiger partial charge in [-0.15, -0.1) is 0 Å². The van der Waals surface area contributed by atoms with Crippen LogP contribution in [-0.2, 0) is 0 Å². The molecule has 0 aliphatic heterocycles. The lowest BCUT2D eigenvalue weighted by Gasteiger charge is -2.13. The van der Waals surface area contributed by atoms with Crippen LogP contribution >= 0.6 is 11.6 Å². The van der Waals surface area contributed by atoms with E-state index in [-0.39, 0.29) is 11.7 Å². The van der Waals surface area contributed by atoms with Gasteiger partial charge in [0.15, 0.2) is 0 Å². The van der Waals surface area contributed by atoms with Gasteiger partial charge in [-0.2, -0.15) is 0 Å². The third-order valence-electron chi connectivity index (χ3n) is 3.28. The summed E-state index contributed by atoms with van der Waals surface area (Å²) < 4.78 is 13.6. The fraction of sp³-hybridized carbons (Fsp3) is 0.500. The van der Waals surface area contributed by atoms with Crippen molar-refractivity contribution in [3.63, 3.8) is 0 Å². The number of rotatable bonds is 2. The Hall–Kier alpha value is -0.600. The monoisotopic (exact) mass is 227 g/mol. The van der Waals surface area contributed by atoms with E-state index in [1.54, 1.807) is 12.1 Å². The predicted molar refractivity (Wildman–Crippen MR) is 60.5 cm³/mol. The Balaban J connectivity index is 2.23. The summed E-state index contributed by atoms with van der Waals surface area (Å²) in [6.45, 7) is 0.697. The quantitative estimate of drug-likeness (QED) is 0.824. The molecule has 0 amide bonds. The molecular weight excluding hydrogens is 213 g/mol. The molecule has 0 heterocycles. The van der Waals surface area contributed by atoms with Crippen LogP contribution in [0.2, 0.25) is 5.02 Å². The van der Waals surface area contributed by atoms with Crippen LogP contribution in [0.25, 0.3) is 0 Å². The zero-order chi connectivity index (χ0) is 10.8. The van der Waals surface area contributed by atoms with Crippen molar-refractivity contribution in [3.8, 4) is 0 Å². The third kappa shape index (κ3) is 2.16. The largest absolute Gasteiger partial charge is 0.330 e. The number of halogens is 2. The lowest BCUT2D eigenvalue weighted by Crippen LogP contribution is -2.10. The Morgan fingerprint density at radius 3 is 2.80 bits per heavy atom. The zero-order valence-electron chi connectivity index (χ0n) is 8.55. The van der Waals surface area contributed by atoms with E-state index in [2.05, 4.69) is 0 Å². The van der Waals surface area contributed by atoms with Crippen molar-refractivity contribution in [1.29, 1.82) is 0 Å². The summed E-state index contributed by atoms with van der Waals surface area (Å²) in [5.74, 6) is 0.614. The maximum atomic E-state index is 13.6. The first-order valence-electron chi connectivity index (χ1n) is 5.36. The van der Waals surface area contributed by atoms with Gasteiger partial charge < -0.3 is 5.73 Å². The van der Waals surface area contributed by atoms with Gasteiger partial charge in [-0.05, 0) is 49.8 Å². The van der Waals surface area contributed by atoms with Gasteiger partial charge >= 0.3 is 0 Å². The van der Waals surface area contributed by atoms with Crippen molar-refractivity contribution in [2.45, 2.75) is 25.2 Å². The summed E-state index contributed by atoms with van der Waals surface area (Å²) in [7, 11) is 0. The minimum Gasteiger partial charge on any atom is -0.330 e. The Morgan fingerprint density at radius 1 is 1.40 bits per heavy atom. The van der Waals surface area contributed by atoms with Gasteiger partial charge in [-0.3, -0.25) is 0 Å². The molecule has 3 heteroatoms. The van der Waals surface area contributed by atoms with Gasteiger partial charge in [-0.1, -0.05) is 17.7 Å². The second-order valence-electron chi connectivity index (χ2n) is 4.25. The second-order valence-corrected chi connectivity index (χ2v) is 4.65. The zero-order valence-corrected chi connectivity index (χ0v) is 9.30. The molecule has 0 spiro atoms.